The van der Waals surface area contributed by atoms with Gasteiger partial charge < -0.3 is 19.7 Å². The van der Waals surface area contributed by atoms with Gasteiger partial charge in [0.2, 0.25) is 5.91 Å². The van der Waals surface area contributed by atoms with Crippen LogP contribution in [-0.4, -0.2) is 73.6 Å². The van der Waals surface area contributed by atoms with Crippen LogP contribution in [0.2, 0.25) is 0 Å². The molecule has 2 aliphatic rings. The van der Waals surface area contributed by atoms with Gasteiger partial charge in [-0.2, -0.15) is 13.2 Å². The normalized spacial score (nSPS) is 15.9. The van der Waals surface area contributed by atoms with Crippen molar-refractivity contribution in [1.29, 1.82) is 0 Å². The van der Waals surface area contributed by atoms with Gasteiger partial charge in [-0.25, -0.2) is 4.79 Å². The van der Waals surface area contributed by atoms with E-state index in [0.717, 1.165) is 12.1 Å². The summed E-state index contributed by atoms with van der Waals surface area (Å²) in [5.74, 6) is -0.202. The maximum absolute atomic E-state index is 13.2. The number of urea groups is 1. The fourth-order valence-corrected chi connectivity index (χ4v) is 3.85. The Hall–Kier alpha value is -3.80. The van der Waals surface area contributed by atoms with Crippen LogP contribution in [0.3, 0.4) is 0 Å². The van der Waals surface area contributed by atoms with Crippen LogP contribution >= 0.6 is 0 Å². The Morgan fingerprint density at radius 2 is 1.60 bits per heavy atom. The molecule has 2 aliphatic heterocycles. The number of alkyl halides is 3. The maximum atomic E-state index is 13.2. The van der Waals surface area contributed by atoms with Gasteiger partial charge in [-0.1, -0.05) is 12.1 Å². The summed E-state index contributed by atoms with van der Waals surface area (Å²) in [5, 5.41) is 4.78. The van der Waals surface area contributed by atoms with Crippen molar-refractivity contribution < 1.29 is 37.0 Å². The SMILES string of the molecule is O=C(CN1CCN(C(=O)c2ccccc2C(F)(F)F)CC1)NC(=O)Nc1ccc2c(c1)OCCO2. The Labute approximate surface area is 198 Å². The number of hydrogen-bond acceptors (Lipinski definition) is 6. The lowest BCUT2D eigenvalue weighted by Crippen LogP contribution is -2.52. The highest BCUT2D eigenvalue weighted by molar-refractivity contribution is 6.02. The maximum Gasteiger partial charge on any atom is 0.417 e. The first-order chi connectivity index (χ1) is 16.7. The van der Waals surface area contributed by atoms with Crippen LogP contribution in [0.25, 0.3) is 0 Å². The Morgan fingerprint density at radius 3 is 2.31 bits per heavy atom. The van der Waals surface area contributed by atoms with Crippen LogP contribution in [-0.2, 0) is 11.0 Å². The molecule has 1 fully saturated rings. The summed E-state index contributed by atoms with van der Waals surface area (Å²) in [6, 6.07) is 8.80. The van der Waals surface area contributed by atoms with Gasteiger partial charge in [0.15, 0.2) is 11.5 Å². The number of benzene rings is 2. The molecule has 1 saturated heterocycles. The lowest BCUT2D eigenvalue weighted by molar-refractivity contribution is -0.138. The fraction of sp³-hybridized carbons (Fsp3) is 0.348. The number of fused-ring (bicyclic) bond motifs is 1. The standard InChI is InChI=1S/C23H23F3N4O5/c24-23(25,26)17-4-2-1-3-16(17)21(32)30-9-7-29(8-10-30)14-20(31)28-22(33)27-15-5-6-18-19(13-15)35-12-11-34-18/h1-6,13H,7-12,14H2,(H2,27,28,31,33). The Balaban J connectivity index is 1.25. The van der Waals surface area contributed by atoms with Crippen LogP contribution in [0.15, 0.2) is 42.5 Å². The summed E-state index contributed by atoms with van der Waals surface area (Å²) in [7, 11) is 0. The molecule has 186 valence electrons. The van der Waals surface area contributed by atoms with Gasteiger partial charge >= 0.3 is 12.2 Å². The van der Waals surface area contributed by atoms with Gasteiger partial charge in [0, 0.05) is 37.9 Å². The zero-order valence-electron chi connectivity index (χ0n) is 18.6. The summed E-state index contributed by atoms with van der Waals surface area (Å²) in [5.41, 5.74) is -0.955. The molecule has 35 heavy (non-hydrogen) atoms. The summed E-state index contributed by atoms with van der Waals surface area (Å²) in [6.07, 6.45) is -4.63. The van der Waals surface area contributed by atoms with Crippen molar-refractivity contribution in [1.82, 2.24) is 15.1 Å². The summed E-state index contributed by atoms with van der Waals surface area (Å²) in [6.45, 7) is 1.60. The average Bonchev–Trinajstić information content (AvgIpc) is 2.83. The molecule has 2 heterocycles. The first kappa shape index (κ1) is 24.3. The van der Waals surface area contributed by atoms with Crippen molar-refractivity contribution in [3.05, 3.63) is 53.6 Å². The number of carbonyl (C=O) groups excluding carboxylic acids is 3. The zero-order chi connectivity index (χ0) is 25.0. The molecule has 4 rings (SSSR count). The Morgan fingerprint density at radius 1 is 0.914 bits per heavy atom. The van der Waals surface area contributed by atoms with Gasteiger partial charge in [-0.15, -0.1) is 0 Å². The number of hydrogen-bond donors (Lipinski definition) is 2. The highest BCUT2D eigenvalue weighted by Crippen LogP contribution is 2.33. The van der Waals surface area contributed by atoms with E-state index in [2.05, 4.69) is 10.6 Å². The summed E-state index contributed by atoms with van der Waals surface area (Å²) in [4.78, 5) is 40.1. The van der Waals surface area contributed by atoms with Crippen LogP contribution in [0.1, 0.15) is 15.9 Å². The number of anilines is 1. The van der Waals surface area contributed by atoms with Crippen molar-refractivity contribution in [2.45, 2.75) is 6.18 Å². The average molecular weight is 492 g/mol. The van der Waals surface area contributed by atoms with Crippen molar-refractivity contribution in [2.24, 2.45) is 0 Å². The van der Waals surface area contributed by atoms with Crippen LogP contribution in [0.5, 0.6) is 11.5 Å². The molecular weight excluding hydrogens is 469 g/mol. The molecule has 12 heteroatoms. The molecular formula is C23H23F3N4O5. The van der Waals surface area contributed by atoms with E-state index in [1.54, 1.807) is 23.1 Å². The highest BCUT2D eigenvalue weighted by Gasteiger charge is 2.36. The summed E-state index contributed by atoms with van der Waals surface area (Å²) >= 11 is 0. The van der Waals surface area contributed by atoms with Crippen molar-refractivity contribution >= 4 is 23.5 Å². The minimum atomic E-state index is -4.63. The van der Waals surface area contributed by atoms with Gasteiger partial charge in [-0.05, 0) is 24.3 Å². The van der Waals surface area contributed by atoms with Gasteiger partial charge in [0.05, 0.1) is 17.7 Å². The predicted octanol–water partition coefficient (Wildman–Crippen LogP) is 2.58. The third-order valence-corrected chi connectivity index (χ3v) is 5.54. The topological polar surface area (TPSA) is 100 Å². The molecule has 0 bridgehead atoms. The number of carbonyl (C=O) groups is 3. The lowest BCUT2D eigenvalue weighted by Gasteiger charge is -2.34. The molecule has 9 nitrogen and oxygen atoms in total. The molecule has 0 saturated carbocycles. The van der Waals surface area contributed by atoms with Crippen molar-refractivity contribution in [3.8, 4) is 11.5 Å². The highest BCUT2D eigenvalue weighted by atomic mass is 19.4. The second kappa shape index (κ2) is 10.2. The monoisotopic (exact) mass is 492 g/mol. The number of nitrogens with zero attached hydrogens (tertiary/aromatic N) is 2. The van der Waals surface area contributed by atoms with Crippen LogP contribution in [0.4, 0.5) is 23.7 Å². The molecule has 4 amide bonds. The van der Waals surface area contributed by atoms with Crippen molar-refractivity contribution in [3.63, 3.8) is 0 Å². The van der Waals surface area contributed by atoms with E-state index < -0.39 is 35.1 Å². The quantitative estimate of drug-likeness (QED) is 0.681. The second-order valence-electron chi connectivity index (χ2n) is 7.97. The van der Waals surface area contributed by atoms with E-state index in [1.807, 2.05) is 0 Å². The Kier molecular flexibility index (Phi) is 7.10. The minimum Gasteiger partial charge on any atom is -0.486 e. The molecule has 0 spiro atoms. The first-order valence-corrected chi connectivity index (χ1v) is 10.9. The number of rotatable bonds is 4. The second-order valence-corrected chi connectivity index (χ2v) is 7.97. The summed E-state index contributed by atoms with van der Waals surface area (Å²) < 4.78 is 50.6. The number of nitrogens with one attached hydrogen (secondary N) is 2. The molecule has 2 aromatic carbocycles. The lowest BCUT2D eigenvalue weighted by atomic mass is 10.1. The van der Waals surface area contributed by atoms with Gasteiger partial charge in [-0.3, -0.25) is 19.8 Å². The van der Waals surface area contributed by atoms with E-state index in [0.29, 0.717) is 30.4 Å². The number of piperazine rings is 1. The third kappa shape index (κ3) is 6.01. The van der Waals surface area contributed by atoms with Crippen LogP contribution < -0.4 is 20.1 Å². The van der Waals surface area contributed by atoms with E-state index in [1.165, 1.54) is 17.0 Å². The predicted molar refractivity (Wildman–Crippen MR) is 118 cm³/mol. The number of imide groups is 1. The van der Waals surface area contributed by atoms with E-state index in [-0.39, 0.29) is 32.7 Å². The van der Waals surface area contributed by atoms with Gasteiger partial charge in [0.1, 0.15) is 13.2 Å². The number of halogens is 3. The molecule has 2 N–H and O–H groups in total. The molecule has 0 aromatic heterocycles. The van der Waals surface area contributed by atoms with Crippen LogP contribution in [0, 0.1) is 0 Å². The zero-order valence-corrected chi connectivity index (χ0v) is 18.6. The molecule has 0 radical (unpaired) electrons. The van der Waals surface area contributed by atoms with Gasteiger partial charge in [0.25, 0.3) is 5.91 Å². The molecule has 0 aliphatic carbocycles. The smallest absolute Gasteiger partial charge is 0.417 e. The molecule has 0 atom stereocenters. The van der Waals surface area contributed by atoms with E-state index in [4.69, 9.17) is 9.47 Å². The third-order valence-electron chi connectivity index (χ3n) is 5.54. The molecule has 2 aromatic rings. The Bertz CT molecular complexity index is 1120. The number of ether oxygens (including phenoxy) is 2. The molecule has 0 unspecified atom stereocenters. The van der Waals surface area contributed by atoms with E-state index in [9.17, 15) is 27.6 Å². The first-order valence-electron chi connectivity index (χ1n) is 10.9. The van der Waals surface area contributed by atoms with E-state index >= 15 is 0 Å². The van der Waals surface area contributed by atoms with Crippen molar-refractivity contribution in [2.75, 3.05) is 51.3 Å². The minimum absolute atomic E-state index is 0.101. The largest absolute Gasteiger partial charge is 0.486 e. The number of amides is 4. The fourth-order valence-electron chi connectivity index (χ4n) is 3.85.